The van der Waals surface area contributed by atoms with Crippen LogP contribution >= 0.6 is 11.6 Å². The van der Waals surface area contributed by atoms with Crippen LogP contribution in [0.15, 0.2) is 42.7 Å². The third kappa shape index (κ3) is 5.46. The summed E-state index contributed by atoms with van der Waals surface area (Å²) in [5, 5.41) is 5.83. The summed E-state index contributed by atoms with van der Waals surface area (Å²) >= 11 is 6.18. The highest BCUT2D eigenvalue weighted by Gasteiger charge is 2.15. The molecule has 7 heteroatoms. The second-order valence-corrected chi connectivity index (χ2v) is 6.17. The van der Waals surface area contributed by atoms with E-state index in [-0.39, 0.29) is 11.9 Å². The van der Waals surface area contributed by atoms with Gasteiger partial charge in [0, 0.05) is 37.7 Å². The molecule has 1 heterocycles. The number of rotatable bonds is 7. The van der Waals surface area contributed by atoms with Gasteiger partial charge in [-0.2, -0.15) is 0 Å². The highest BCUT2D eigenvalue weighted by atomic mass is 35.5. The van der Waals surface area contributed by atoms with Crippen molar-refractivity contribution in [2.24, 2.45) is 0 Å². The molecule has 0 saturated carbocycles. The Balaban J connectivity index is 2.08. The number of hydrogen-bond donors (Lipinski definition) is 2. The van der Waals surface area contributed by atoms with Gasteiger partial charge in [-0.15, -0.1) is 0 Å². The van der Waals surface area contributed by atoms with Gasteiger partial charge < -0.3 is 15.5 Å². The average Bonchev–Trinajstić information content (AvgIpc) is 2.62. The van der Waals surface area contributed by atoms with Gasteiger partial charge in [-0.25, -0.2) is 4.79 Å². The molecule has 0 aliphatic heterocycles. The van der Waals surface area contributed by atoms with Gasteiger partial charge in [0.1, 0.15) is 0 Å². The molecule has 1 aromatic carbocycles. The average molecular weight is 375 g/mol. The van der Waals surface area contributed by atoms with Crippen molar-refractivity contribution >= 4 is 29.2 Å². The first-order chi connectivity index (χ1) is 12.5. The first kappa shape index (κ1) is 19.7. The SMILES string of the molecule is CCCN(Cc1cccnc1)C(=O)Nc1ccc(C(=O)NCC)c(Cl)c1. The van der Waals surface area contributed by atoms with Crippen LogP contribution in [-0.2, 0) is 6.54 Å². The first-order valence-corrected chi connectivity index (χ1v) is 8.95. The fourth-order valence-electron chi connectivity index (χ4n) is 2.47. The molecule has 6 nitrogen and oxygen atoms in total. The lowest BCUT2D eigenvalue weighted by atomic mass is 10.2. The Morgan fingerprint density at radius 3 is 2.65 bits per heavy atom. The number of nitrogens with zero attached hydrogens (tertiary/aromatic N) is 2. The Kier molecular flexibility index (Phi) is 7.41. The highest BCUT2D eigenvalue weighted by Crippen LogP contribution is 2.21. The summed E-state index contributed by atoms with van der Waals surface area (Å²) in [5.41, 5.74) is 1.88. The molecule has 0 atom stereocenters. The topological polar surface area (TPSA) is 74.3 Å². The highest BCUT2D eigenvalue weighted by molar-refractivity contribution is 6.34. The molecule has 0 saturated heterocycles. The number of urea groups is 1. The molecule has 0 bridgehead atoms. The molecule has 2 rings (SSSR count). The molecule has 1 aromatic heterocycles. The predicted octanol–water partition coefficient (Wildman–Crippen LogP) is 3.93. The van der Waals surface area contributed by atoms with Crippen LogP contribution in [0.4, 0.5) is 10.5 Å². The molecule has 0 fully saturated rings. The van der Waals surface area contributed by atoms with E-state index in [4.69, 9.17) is 11.6 Å². The Hall–Kier alpha value is -2.60. The summed E-state index contributed by atoms with van der Waals surface area (Å²) in [6, 6.07) is 8.41. The van der Waals surface area contributed by atoms with Gasteiger partial charge in [-0.3, -0.25) is 9.78 Å². The van der Waals surface area contributed by atoms with E-state index >= 15 is 0 Å². The van der Waals surface area contributed by atoms with Crippen molar-refractivity contribution in [2.75, 3.05) is 18.4 Å². The van der Waals surface area contributed by atoms with E-state index in [0.29, 0.717) is 35.9 Å². The van der Waals surface area contributed by atoms with Crippen LogP contribution in [0.1, 0.15) is 36.2 Å². The van der Waals surface area contributed by atoms with Crippen LogP contribution in [0.25, 0.3) is 0 Å². The lowest BCUT2D eigenvalue weighted by Crippen LogP contribution is -2.35. The Morgan fingerprint density at radius 1 is 1.23 bits per heavy atom. The fraction of sp³-hybridized carbons (Fsp3) is 0.316. The predicted molar refractivity (Wildman–Crippen MR) is 103 cm³/mol. The number of hydrogen-bond acceptors (Lipinski definition) is 3. The van der Waals surface area contributed by atoms with Gasteiger partial charge in [-0.05, 0) is 43.2 Å². The maximum atomic E-state index is 12.6. The molecule has 26 heavy (non-hydrogen) atoms. The van der Waals surface area contributed by atoms with Crippen LogP contribution in [-0.4, -0.2) is 34.9 Å². The number of benzene rings is 1. The summed E-state index contributed by atoms with van der Waals surface area (Å²) in [6.07, 6.45) is 4.28. The lowest BCUT2D eigenvalue weighted by Gasteiger charge is -2.22. The largest absolute Gasteiger partial charge is 0.352 e. The smallest absolute Gasteiger partial charge is 0.322 e. The van der Waals surface area contributed by atoms with E-state index in [1.807, 2.05) is 26.0 Å². The standard InChI is InChI=1S/C19H23ClN4O2/c1-3-10-24(13-14-6-5-9-21-12-14)19(26)23-15-7-8-16(17(20)11-15)18(25)22-4-2/h5-9,11-12H,3-4,10,13H2,1-2H3,(H,22,25)(H,23,26). The number of aromatic nitrogens is 1. The molecule has 0 unspecified atom stereocenters. The molecule has 0 aliphatic rings. The fourth-order valence-corrected chi connectivity index (χ4v) is 2.74. The molecular formula is C19H23ClN4O2. The van der Waals surface area contributed by atoms with Crippen LogP contribution in [0, 0.1) is 0 Å². The van der Waals surface area contributed by atoms with Crippen molar-refractivity contribution in [1.82, 2.24) is 15.2 Å². The normalized spacial score (nSPS) is 10.3. The van der Waals surface area contributed by atoms with Crippen molar-refractivity contribution in [3.05, 3.63) is 58.9 Å². The Labute approximate surface area is 158 Å². The van der Waals surface area contributed by atoms with Crippen molar-refractivity contribution in [3.63, 3.8) is 0 Å². The van der Waals surface area contributed by atoms with Gasteiger partial charge in [-0.1, -0.05) is 24.6 Å². The third-order valence-electron chi connectivity index (χ3n) is 3.68. The molecule has 0 radical (unpaired) electrons. The van der Waals surface area contributed by atoms with Gasteiger partial charge in [0.2, 0.25) is 0 Å². The van der Waals surface area contributed by atoms with Gasteiger partial charge >= 0.3 is 6.03 Å². The second kappa shape index (κ2) is 9.77. The summed E-state index contributed by atoms with van der Waals surface area (Å²) in [4.78, 5) is 30.3. The third-order valence-corrected chi connectivity index (χ3v) is 3.99. The maximum absolute atomic E-state index is 12.6. The van der Waals surface area contributed by atoms with Crippen molar-refractivity contribution in [1.29, 1.82) is 0 Å². The Bertz CT molecular complexity index is 752. The number of pyridine rings is 1. The minimum absolute atomic E-state index is 0.225. The number of amides is 3. The van der Waals surface area contributed by atoms with E-state index < -0.39 is 0 Å². The van der Waals surface area contributed by atoms with Crippen LogP contribution in [0.5, 0.6) is 0 Å². The number of nitrogens with one attached hydrogen (secondary N) is 2. The number of anilines is 1. The summed E-state index contributed by atoms with van der Waals surface area (Å²) in [6.45, 7) is 5.46. The van der Waals surface area contributed by atoms with E-state index in [0.717, 1.165) is 12.0 Å². The quantitative estimate of drug-likeness (QED) is 0.771. The minimum atomic E-state index is -0.237. The van der Waals surface area contributed by atoms with Crippen LogP contribution in [0.2, 0.25) is 5.02 Å². The molecule has 0 aliphatic carbocycles. The number of carbonyl (C=O) groups excluding carboxylic acids is 2. The zero-order valence-corrected chi connectivity index (χ0v) is 15.7. The lowest BCUT2D eigenvalue weighted by molar-refractivity contribution is 0.0956. The molecule has 3 amide bonds. The molecule has 2 N–H and O–H groups in total. The zero-order valence-electron chi connectivity index (χ0n) is 15.0. The van der Waals surface area contributed by atoms with Gasteiger partial charge in [0.15, 0.2) is 0 Å². The van der Waals surface area contributed by atoms with Gasteiger partial charge in [0.25, 0.3) is 5.91 Å². The van der Waals surface area contributed by atoms with Crippen LogP contribution < -0.4 is 10.6 Å². The second-order valence-electron chi connectivity index (χ2n) is 5.77. The van der Waals surface area contributed by atoms with E-state index in [1.165, 1.54) is 0 Å². The Morgan fingerprint density at radius 2 is 2.04 bits per heavy atom. The van der Waals surface area contributed by atoms with E-state index in [1.54, 1.807) is 35.5 Å². The zero-order chi connectivity index (χ0) is 18.9. The first-order valence-electron chi connectivity index (χ1n) is 8.57. The number of carbonyl (C=O) groups is 2. The summed E-state index contributed by atoms with van der Waals surface area (Å²) in [5.74, 6) is -0.237. The van der Waals surface area contributed by atoms with Gasteiger partial charge in [0.05, 0.1) is 10.6 Å². The van der Waals surface area contributed by atoms with Crippen molar-refractivity contribution < 1.29 is 9.59 Å². The van der Waals surface area contributed by atoms with E-state index in [9.17, 15) is 9.59 Å². The van der Waals surface area contributed by atoms with Crippen molar-refractivity contribution in [3.8, 4) is 0 Å². The van der Waals surface area contributed by atoms with Crippen molar-refractivity contribution in [2.45, 2.75) is 26.8 Å². The van der Waals surface area contributed by atoms with E-state index in [2.05, 4.69) is 15.6 Å². The molecular weight excluding hydrogens is 352 g/mol. The summed E-state index contributed by atoms with van der Waals surface area (Å²) in [7, 11) is 0. The monoisotopic (exact) mass is 374 g/mol. The number of halogens is 1. The van der Waals surface area contributed by atoms with Crippen LogP contribution in [0.3, 0.4) is 0 Å². The molecule has 2 aromatic rings. The molecule has 0 spiro atoms. The summed E-state index contributed by atoms with van der Waals surface area (Å²) < 4.78 is 0. The minimum Gasteiger partial charge on any atom is -0.352 e. The molecule has 138 valence electrons. The maximum Gasteiger partial charge on any atom is 0.322 e.